The summed E-state index contributed by atoms with van der Waals surface area (Å²) in [5.41, 5.74) is 7.35. The third-order valence-electron chi connectivity index (χ3n) is 4.72. The van der Waals surface area contributed by atoms with Crippen molar-refractivity contribution in [3.63, 3.8) is 0 Å². The van der Waals surface area contributed by atoms with Crippen molar-refractivity contribution < 1.29 is 13.2 Å². The summed E-state index contributed by atoms with van der Waals surface area (Å²) < 4.78 is 25.0. The summed E-state index contributed by atoms with van der Waals surface area (Å²) in [5, 5.41) is 0. The van der Waals surface area contributed by atoms with E-state index in [0.717, 1.165) is 5.56 Å². The second kappa shape index (κ2) is 6.59. The summed E-state index contributed by atoms with van der Waals surface area (Å²) in [6.45, 7) is 1.95. The van der Waals surface area contributed by atoms with E-state index in [-0.39, 0.29) is 36.6 Å². The highest BCUT2D eigenvalue weighted by Crippen LogP contribution is 2.26. The van der Waals surface area contributed by atoms with E-state index in [1.807, 2.05) is 30.3 Å². The summed E-state index contributed by atoms with van der Waals surface area (Å²) in [7, 11) is -3.13. The molecule has 0 aromatic heterocycles. The van der Waals surface area contributed by atoms with Crippen LogP contribution in [0.2, 0.25) is 0 Å². The van der Waals surface area contributed by atoms with Crippen LogP contribution in [0, 0.1) is 0 Å². The van der Waals surface area contributed by atoms with Gasteiger partial charge in [0.05, 0.1) is 5.75 Å². The normalized spacial score (nSPS) is 27.4. The first-order valence-electron chi connectivity index (χ1n) is 8.03. The highest BCUT2D eigenvalue weighted by Gasteiger charge is 2.34. The summed E-state index contributed by atoms with van der Waals surface area (Å²) in [4.78, 5) is 14.2. The highest BCUT2D eigenvalue weighted by molar-refractivity contribution is 7.89. The van der Waals surface area contributed by atoms with Crippen LogP contribution in [-0.4, -0.2) is 61.5 Å². The van der Waals surface area contributed by atoms with Gasteiger partial charge in [-0.25, -0.2) is 12.7 Å². The van der Waals surface area contributed by atoms with E-state index in [1.54, 1.807) is 4.90 Å². The van der Waals surface area contributed by atoms with Crippen LogP contribution in [0.5, 0.6) is 0 Å². The first-order valence-corrected chi connectivity index (χ1v) is 9.64. The minimum atomic E-state index is -3.13. The fourth-order valence-corrected chi connectivity index (χ4v) is 4.94. The summed E-state index contributed by atoms with van der Waals surface area (Å²) in [6, 6.07) is 9.92. The molecule has 0 spiro atoms. The molecule has 2 aliphatic rings. The zero-order valence-corrected chi connectivity index (χ0v) is 13.9. The molecule has 0 radical (unpaired) electrons. The first-order chi connectivity index (χ1) is 11.0. The molecule has 1 amide bonds. The van der Waals surface area contributed by atoms with E-state index in [0.29, 0.717) is 26.1 Å². The van der Waals surface area contributed by atoms with Crippen molar-refractivity contribution in [3.8, 4) is 0 Å². The van der Waals surface area contributed by atoms with Crippen molar-refractivity contribution in [2.75, 3.05) is 31.9 Å². The largest absolute Gasteiger partial charge is 0.340 e. The Morgan fingerprint density at radius 3 is 2.61 bits per heavy atom. The standard InChI is InChI=1S/C16H23N3O3S/c17-15-12-18(11-14(15)13-5-2-1-3-6-13)16(20)7-9-19-8-4-10-23(19,21)22/h1-3,5-6,14-15H,4,7-12,17H2/t14-,15+/m0/s1. The van der Waals surface area contributed by atoms with Crippen molar-refractivity contribution in [1.29, 1.82) is 0 Å². The Morgan fingerprint density at radius 2 is 1.96 bits per heavy atom. The number of nitrogens with zero attached hydrogens (tertiary/aromatic N) is 2. The first kappa shape index (κ1) is 16.4. The van der Waals surface area contributed by atoms with E-state index >= 15 is 0 Å². The predicted molar refractivity (Wildman–Crippen MR) is 88.3 cm³/mol. The molecule has 2 aliphatic heterocycles. The van der Waals surface area contributed by atoms with E-state index in [1.165, 1.54) is 4.31 Å². The van der Waals surface area contributed by atoms with Crippen LogP contribution < -0.4 is 5.73 Å². The van der Waals surface area contributed by atoms with Crippen molar-refractivity contribution in [3.05, 3.63) is 35.9 Å². The van der Waals surface area contributed by atoms with Gasteiger partial charge in [-0.3, -0.25) is 4.79 Å². The molecule has 6 nitrogen and oxygen atoms in total. The number of carbonyl (C=O) groups is 1. The molecule has 0 bridgehead atoms. The maximum Gasteiger partial charge on any atom is 0.223 e. The van der Waals surface area contributed by atoms with Gasteiger partial charge in [-0.05, 0) is 12.0 Å². The molecule has 1 aromatic carbocycles. The molecule has 2 N–H and O–H groups in total. The molecule has 0 unspecified atom stereocenters. The lowest BCUT2D eigenvalue weighted by molar-refractivity contribution is -0.130. The Morgan fingerprint density at radius 1 is 1.22 bits per heavy atom. The average Bonchev–Trinajstić information content (AvgIpc) is 3.08. The van der Waals surface area contributed by atoms with E-state index < -0.39 is 10.0 Å². The lowest BCUT2D eigenvalue weighted by atomic mass is 9.95. The quantitative estimate of drug-likeness (QED) is 0.860. The van der Waals surface area contributed by atoms with E-state index in [2.05, 4.69) is 0 Å². The van der Waals surface area contributed by atoms with Gasteiger partial charge >= 0.3 is 0 Å². The number of amides is 1. The van der Waals surface area contributed by atoms with Gasteiger partial charge in [-0.1, -0.05) is 30.3 Å². The molecule has 0 saturated carbocycles. The summed E-state index contributed by atoms with van der Waals surface area (Å²) >= 11 is 0. The van der Waals surface area contributed by atoms with Gasteiger partial charge in [0.2, 0.25) is 15.9 Å². The molecule has 2 saturated heterocycles. The van der Waals surface area contributed by atoms with Crippen molar-refractivity contribution in [1.82, 2.24) is 9.21 Å². The smallest absolute Gasteiger partial charge is 0.223 e. The maximum absolute atomic E-state index is 12.4. The van der Waals surface area contributed by atoms with Crippen molar-refractivity contribution >= 4 is 15.9 Å². The Hall–Kier alpha value is -1.44. The molecule has 7 heteroatoms. The third kappa shape index (κ3) is 3.57. The number of sulfonamides is 1. The number of rotatable bonds is 4. The number of nitrogens with two attached hydrogens (primary N) is 1. The fraction of sp³-hybridized carbons (Fsp3) is 0.562. The second-order valence-corrected chi connectivity index (χ2v) is 8.39. The molecular formula is C16H23N3O3S. The van der Waals surface area contributed by atoms with Crippen LogP contribution in [0.25, 0.3) is 0 Å². The summed E-state index contributed by atoms with van der Waals surface area (Å²) in [5.74, 6) is 0.336. The minimum absolute atomic E-state index is 0.0130. The molecule has 2 fully saturated rings. The van der Waals surface area contributed by atoms with Crippen molar-refractivity contribution in [2.24, 2.45) is 5.73 Å². The lowest BCUT2D eigenvalue weighted by Crippen LogP contribution is -2.35. The SMILES string of the molecule is N[C@@H]1CN(C(=O)CCN2CCCS2(=O)=O)C[C@H]1c1ccccc1. The third-order valence-corrected chi connectivity index (χ3v) is 6.68. The minimum Gasteiger partial charge on any atom is -0.340 e. The zero-order valence-electron chi connectivity index (χ0n) is 13.1. The molecule has 1 aromatic rings. The van der Waals surface area contributed by atoms with Crippen LogP contribution in [0.1, 0.15) is 24.3 Å². The molecule has 0 aliphatic carbocycles. The fourth-order valence-electron chi connectivity index (χ4n) is 3.41. The van der Waals surface area contributed by atoms with E-state index in [4.69, 9.17) is 5.73 Å². The number of hydrogen-bond acceptors (Lipinski definition) is 4. The summed E-state index contributed by atoms with van der Waals surface area (Å²) in [6.07, 6.45) is 0.884. The molecule has 126 valence electrons. The van der Waals surface area contributed by atoms with Gasteiger partial charge in [0.25, 0.3) is 0 Å². The second-order valence-electron chi connectivity index (χ2n) is 6.30. The van der Waals surface area contributed by atoms with Crippen molar-refractivity contribution in [2.45, 2.75) is 24.8 Å². The van der Waals surface area contributed by atoms with Gasteiger partial charge < -0.3 is 10.6 Å². The number of likely N-dealkylation sites (tertiary alicyclic amines) is 1. The van der Waals surface area contributed by atoms with Gasteiger partial charge in [0.1, 0.15) is 0 Å². The molecule has 23 heavy (non-hydrogen) atoms. The number of hydrogen-bond donors (Lipinski definition) is 1. The Bertz CT molecular complexity index is 662. The van der Waals surface area contributed by atoms with Crippen LogP contribution in [0.4, 0.5) is 0 Å². The molecule has 2 heterocycles. The van der Waals surface area contributed by atoms with Gasteiger partial charge in [0.15, 0.2) is 0 Å². The van der Waals surface area contributed by atoms with Crippen LogP contribution in [0.15, 0.2) is 30.3 Å². The maximum atomic E-state index is 12.4. The van der Waals surface area contributed by atoms with Gasteiger partial charge in [-0.15, -0.1) is 0 Å². The zero-order chi connectivity index (χ0) is 16.4. The Balaban J connectivity index is 1.57. The highest BCUT2D eigenvalue weighted by atomic mass is 32.2. The van der Waals surface area contributed by atoms with E-state index in [9.17, 15) is 13.2 Å². The Kier molecular flexibility index (Phi) is 4.70. The Labute approximate surface area is 137 Å². The van der Waals surface area contributed by atoms with Crippen LogP contribution in [0.3, 0.4) is 0 Å². The van der Waals surface area contributed by atoms with Gasteiger partial charge in [-0.2, -0.15) is 0 Å². The number of benzene rings is 1. The van der Waals surface area contributed by atoms with Crippen LogP contribution in [-0.2, 0) is 14.8 Å². The average molecular weight is 337 g/mol. The van der Waals surface area contributed by atoms with Gasteiger partial charge in [0, 0.05) is 44.6 Å². The molecular weight excluding hydrogens is 314 g/mol. The van der Waals surface area contributed by atoms with Crippen LogP contribution >= 0.6 is 0 Å². The number of carbonyl (C=O) groups excluding carboxylic acids is 1. The molecule has 3 rings (SSSR count). The predicted octanol–water partition coefficient (Wildman–Crippen LogP) is 0.365. The molecule has 2 atom stereocenters. The topological polar surface area (TPSA) is 83.7 Å². The monoisotopic (exact) mass is 337 g/mol. The lowest BCUT2D eigenvalue weighted by Gasteiger charge is -2.19.